The van der Waals surface area contributed by atoms with Crippen molar-refractivity contribution in [3.8, 4) is 0 Å². The summed E-state index contributed by atoms with van der Waals surface area (Å²) in [6.07, 6.45) is -0.477. The summed E-state index contributed by atoms with van der Waals surface area (Å²) in [6, 6.07) is 3.64. The van der Waals surface area contributed by atoms with E-state index in [9.17, 15) is 14.0 Å². The summed E-state index contributed by atoms with van der Waals surface area (Å²) in [5.41, 5.74) is -0.162. The van der Waals surface area contributed by atoms with Crippen molar-refractivity contribution in [3.05, 3.63) is 34.6 Å². The van der Waals surface area contributed by atoms with Crippen LogP contribution in [0.25, 0.3) is 0 Å². The van der Waals surface area contributed by atoms with Gasteiger partial charge in [0, 0.05) is 5.02 Å². The minimum absolute atomic E-state index is 0.162. The third-order valence-corrected chi connectivity index (χ3v) is 2.00. The molecule has 0 bridgehead atoms. The second kappa shape index (κ2) is 4.89. The molecule has 0 saturated carbocycles. The average Bonchev–Trinajstić information content (AvgIpc) is 2.17. The molecule has 0 unspecified atom stereocenters. The maximum atomic E-state index is 13.2. The molecular formula is C10H8ClFO3. The number of Topliss-reactive ketones (excluding diaryl/α,β-unsaturated/α-hetero) is 1. The first-order valence-corrected chi connectivity index (χ1v) is 4.47. The molecule has 0 aliphatic carbocycles. The number of ether oxygens (including phenoxy) is 1. The zero-order chi connectivity index (χ0) is 11.4. The van der Waals surface area contributed by atoms with E-state index < -0.39 is 24.0 Å². The van der Waals surface area contributed by atoms with Gasteiger partial charge >= 0.3 is 5.97 Å². The van der Waals surface area contributed by atoms with Crippen molar-refractivity contribution in [1.82, 2.24) is 0 Å². The van der Waals surface area contributed by atoms with Crippen LogP contribution in [0, 0.1) is 5.82 Å². The first-order chi connectivity index (χ1) is 7.04. The Morgan fingerprint density at radius 3 is 2.67 bits per heavy atom. The molecular weight excluding hydrogens is 223 g/mol. The van der Waals surface area contributed by atoms with Crippen LogP contribution in [0.4, 0.5) is 4.39 Å². The molecule has 5 heteroatoms. The number of rotatable bonds is 3. The van der Waals surface area contributed by atoms with Crippen LogP contribution in [0.3, 0.4) is 0 Å². The highest BCUT2D eigenvalue weighted by Gasteiger charge is 2.15. The van der Waals surface area contributed by atoms with E-state index in [0.29, 0.717) is 0 Å². The van der Waals surface area contributed by atoms with Gasteiger partial charge in [0.2, 0.25) is 0 Å². The van der Waals surface area contributed by atoms with Crippen LogP contribution in [0.5, 0.6) is 0 Å². The fourth-order valence-electron chi connectivity index (χ4n) is 1.01. The molecule has 0 heterocycles. The van der Waals surface area contributed by atoms with E-state index >= 15 is 0 Å². The standard InChI is InChI=1S/C10H8ClFO3/c1-15-10(14)5-9(13)7-3-2-6(11)4-8(7)12/h2-4H,5H2,1H3. The van der Waals surface area contributed by atoms with Crippen LogP contribution >= 0.6 is 11.6 Å². The Morgan fingerprint density at radius 1 is 1.47 bits per heavy atom. The van der Waals surface area contributed by atoms with Crippen LogP contribution in [0.2, 0.25) is 5.02 Å². The Morgan fingerprint density at radius 2 is 2.13 bits per heavy atom. The molecule has 0 fully saturated rings. The second-order valence-corrected chi connectivity index (χ2v) is 3.24. The van der Waals surface area contributed by atoms with E-state index in [-0.39, 0.29) is 10.6 Å². The van der Waals surface area contributed by atoms with Crippen molar-refractivity contribution in [2.24, 2.45) is 0 Å². The Kier molecular flexibility index (Phi) is 3.80. The number of esters is 1. The van der Waals surface area contributed by atoms with Crippen molar-refractivity contribution in [1.29, 1.82) is 0 Å². The number of methoxy groups -OCH3 is 1. The normalized spacial score (nSPS) is 9.80. The predicted octanol–water partition coefficient (Wildman–Crippen LogP) is 2.22. The zero-order valence-corrected chi connectivity index (χ0v) is 8.68. The van der Waals surface area contributed by atoms with Gasteiger partial charge < -0.3 is 4.74 Å². The van der Waals surface area contributed by atoms with Gasteiger partial charge in [-0.05, 0) is 18.2 Å². The SMILES string of the molecule is COC(=O)CC(=O)c1ccc(Cl)cc1F. The Hall–Kier alpha value is -1.42. The number of halogens is 2. The van der Waals surface area contributed by atoms with E-state index in [1.807, 2.05) is 0 Å². The summed E-state index contributed by atoms with van der Waals surface area (Å²) in [4.78, 5) is 22.1. The van der Waals surface area contributed by atoms with Gasteiger partial charge in [-0.1, -0.05) is 11.6 Å². The molecule has 1 aromatic rings. The van der Waals surface area contributed by atoms with E-state index in [1.165, 1.54) is 12.1 Å². The van der Waals surface area contributed by atoms with Crippen LogP contribution in [0.1, 0.15) is 16.8 Å². The molecule has 0 aromatic heterocycles. The fraction of sp³-hybridized carbons (Fsp3) is 0.200. The maximum absolute atomic E-state index is 13.2. The second-order valence-electron chi connectivity index (χ2n) is 2.80. The third-order valence-electron chi connectivity index (χ3n) is 1.76. The number of carbonyl (C=O) groups is 2. The smallest absolute Gasteiger partial charge is 0.313 e. The Balaban J connectivity index is 2.87. The van der Waals surface area contributed by atoms with Gasteiger partial charge in [-0.3, -0.25) is 9.59 Å². The number of benzene rings is 1. The van der Waals surface area contributed by atoms with E-state index in [2.05, 4.69) is 4.74 Å². The monoisotopic (exact) mass is 230 g/mol. The number of hydrogen-bond donors (Lipinski definition) is 0. The highest BCUT2D eigenvalue weighted by atomic mass is 35.5. The molecule has 0 N–H and O–H groups in total. The molecule has 0 spiro atoms. The molecule has 1 rings (SSSR count). The van der Waals surface area contributed by atoms with Crippen LogP contribution in [-0.4, -0.2) is 18.9 Å². The van der Waals surface area contributed by atoms with Crippen LogP contribution < -0.4 is 0 Å². The first kappa shape index (κ1) is 11.7. The zero-order valence-electron chi connectivity index (χ0n) is 7.92. The molecule has 0 aliphatic rings. The molecule has 3 nitrogen and oxygen atoms in total. The van der Waals surface area contributed by atoms with E-state index in [0.717, 1.165) is 13.2 Å². The number of carbonyl (C=O) groups excluding carboxylic acids is 2. The van der Waals surface area contributed by atoms with Crippen molar-refractivity contribution in [2.75, 3.05) is 7.11 Å². The van der Waals surface area contributed by atoms with Gasteiger partial charge in [0.25, 0.3) is 0 Å². The van der Waals surface area contributed by atoms with Gasteiger partial charge in [0.1, 0.15) is 12.2 Å². The minimum Gasteiger partial charge on any atom is -0.469 e. The lowest BCUT2D eigenvalue weighted by Gasteiger charge is -2.01. The lowest BCUT2D eigenvalue weighted by Crippen LogP contribution is -2.10. The average molecular weight is 231 g/mol. The first-order valence-electron chi connectivity index (χ1n) is 4.09. The molecule has 0 amide bonds. The van der Waals surface area contributed by atoms with Crippen molar-refractivity contribution in [3.63, 3.8) is 0 Å². The summed E-state index contributed by atoms with van der Waals surface area (Å²) in [5, 5.41) is 0.196. The molecule has 0 radical (unpaired) electrons. The van der Waals surface area contributed by atoms with E-state index in [4.69, 9.17) is 11.6 Å². The summed E-state index contributed by atoms with van der Waals surface area (Å²) < 4.78 is 17.5. The third kappa shape index (κ3) is 3.02. The molecule has 0 saturated heterocycles. The highest BCUT2D eigenvalue weighted by molar-refractivity contribution is 6.30. The fourth-order valence-corrected chi connectivity index (χ4v) is 1.17. The van der Waals surface area contributed by atoms with Gasteiger partial charge in [-0.2, -0.15) is 0 Å². The van der Waals surface area contributed by atoms with E-state index in [1.54, 1.807) is 0 Å². The van der Waals surface area contributed by atoms with Gasteiger partial charge in [-0.25, -0.2) is 4.39 Å². The Bertz CT molecular complexity index is 404. The van der Waals surface area contributed by atoms with Crippen molar-refractivity contribution >= 4 is 23.4 Å². The Labute approximate surface area is 90.8 Å². The van der Waals surface area contributed by atoms with Gasteiger partial charge in [0.05, 0.1) is 12.7 Å². The molecule has 0 aliphatic heterocycles. The minimum atomic E-state index is -0.739. The summed E-state index contributed by atoms with van der Waals surface area (Å²) in [7, 11) is 1.16. The number of hydrogen-bond acceptors (Lipinski definition) is 3. The molecule has 15 heavy (non-hydrogen) atoms. The molecule has 80 valence electrons. The topological polar surface area (TPSA) is 43.4 Å². The molecule has 0 atom stereocenters. The maximum Gasteiger partial charge on any atom is 0.313 e. The lowest BCUT2D eigenvalue weighted by molar-refractivity contribution is -0.139. The predicted molar refractivity (Wildman–Crippen MR) is 52.4 cm³/mol. The lowest BCUT2D eigenvalue weighted by atomic mass is 10.1. The van der Waals surface area contributed by atoms with Crippen molar-refractivity contribution < 1.29 is 18.7 Å². The van der Waals surface area contributed by atoms with Crippen LogP contribution in [0.15, 0.2) is 18.2 Å². The largest absolute Gasteiger partial charge is 0.469 e. The summed E-state index contributed by atoms with van der Waals surface area (Å²) in [6.45, 7) is 0. The summed E-state index contributed by atoms with van der Waals surface area (Å²) >= 11 is 5.51. The summed E-state index contributed by atoms with van der Waals surface area (Å²) in [5.74, 6) is -2.07. The van der Waals surface area contributed by atoms with Crippen molar-refractivity contribution in [2.45, 2.75) is 6.42 Å². The highest BCUT2D eigenvalue weighted by Crippen LogP contribution is 2.16. The van der Waals surface area contributed by atoms with Crippen LogP contribution in [-0.2, 0) is 9.53 Å². The molecule has 1 aromatic carbocycles. The van der Waals surface area contributed by atoms with Gasteiger partial charge in [0.15, 0.2) is 5.78 Å². The van der Waals surface area contributed by atoms with Gasteiger partial charge in [-0.15, -0.1) is 0 Å². The number of ketones is 1. The quantitative estimate of drug-likeness (QED) is 0.454.